The van der Waals surface area contributed by atoms with Crippen LogP contribution in [0.1, 0.15) is 10.4 Å². The third-order valence-electron chi connectivity index (χ3n) is 2.90. The SMILES string of the molecule is O=C(Nc1ccc(Cl)cc1-n1cccn1)c1ccncc1. The minimum Gasteiger partial charge on any atom is -0.320 e. The summed E-state index contributed by atoms with van der Waals surface area (Å²) >= 11 is 6.03. The number of carbonyl (C=O) groups is 1. The standard InChI is InChI=1S/C15H11ClN4O/c16-12-2-3-13(14(10-12)20-9-1-6-18-20)19-15(21)11-4-7-17-8-5-11/h1-10H,(H,19,21). The van der Waals surface area contributed by atoms with E-state index < -0.39 is 0 Å². The van der Waals surface area contributed by atoms with E-state index in [2.05, 4.69) is 15.4 Å². The first kappa shape index (κ1) is 13.3. The van der Waals surface area contributed by atoms with Crippen LogP contribution < -0.4 is 5.32 Å². The smallest absolute Gasteiger partial charge is 0.255 e. The van der Waals surface area contributed by atoms with Crippen LogP contribution >= 0.6 is 11.6 Å². The average molecular weight is 299 g/mol. The summed E-state index contributed by atoms with van der Waals surface area (Å²) in [6.45, 7) is 0. The molecule has 3 rings (SSSR count). The zero-order valence-corrected chi connectivity index (χ0v) is 11.7. The molecule has 1 amide bonds. The Kier molecular flexibility index (Phi) is 3.66. The summed E-state index contributed by atoms with van der Waals surface area (Å²) in [6, 6.07) is 10.3. The van der Waals surface area contributed by atoms with Crippen LogP contribution in [0.2, 0.25) is 5.02 Å². The van der Waals surface area contributed by atoms with Crippen molar-refractivity contribution >= 4 is 23.2 Å². The minimum atomic E-state index is -0.215. The summed E-state index contributed by atoms with van der Waals surface area (Å²) in [5, 5.41) is 7.59. The molecule has 6 heteroatoms. The molecular weight excluding hydrogens is 288 g/mol. The lowest BCUT2D eigenvalue weighted by Gasteiger charge is -2.11. The number of hydrogen-bond donors (Lipinski definition) is 1. The highest BCUT2D eigenvalue weighted by Gasteiger charge is 2.11. The van der Waals surface area contributed by atoms with Crippen molar-refractivity contribution in [1.29, 1.82) is 0 Å². The van der Waals surface area contributed by atoms with Crippen molar-refractivity contribution in [3.05, 3.63) is 71.8 Å². The van der Waals surface area contributed by atoms with E-state index in [-0.39, 0.29) is 5.91 Å². The van der Waals surface area contributed by atoms with Crippen LogP contribution in [0, 0.1) is 0 Å². The maximum absolute atomic E-state index is 12.2. The molecule has 2 aromatic heterocycles. The molecule has 0 bridgehead atoms. The van der Waals surface area contributed by atoms with Gasteiger partial charge in [-0.2, -0.15) is 5.10 Å². The quantitative estimate of drug-likeness (QED) is 0.808. The van der Waals surface area contributed by atoms with Crippen molar-refractivity contribution in [2.45, 2.75) is 0 Å². The molecule has 2 heterocycles. The molecule has 104 valence electrons. The number of amides is 1. The van der Waals surface area contributed by atoms with Gasteiger partial charge in [0.05, 0.1) is 11.4 Å². The number of hydrogen-bond acceptors (Lipinski definition) is 3. The third-order valence-corrected chi connectivity index (χ3v) is 3.14. The minimum absolute atomic E-state index is 0.215. The molecule has 0 aliphatic heterocycles. The van der Waals surface area contributed by atoms with E-state index in [0.717, 1.165) is 0 Å². The van der Waals surface area contributed by atoms with Gasteiger partial charge in [-0.1, -0.05) is 11.6 Å². The zero-order valence-electron chi connectivity index (χ0n) is 10.9. The highest BCUT2D eigenvalue weighted by atomic mass is 35.5. The number of benzene rings is 1. The molecule has 0 saturated carbocycles. The summed E-state index contributed by atoms with van der Waals surface area (Å²) in [7, 11) is 0. The van der Waals surface area contributed by atoms with Crippen molar-refractivity contribution in [3.8, 4) is 5.69 Å². The van der Waals surface area contributed by atoms with E-state index in [1.165, 1.54) is 0 Å². The van der Waals surface area contributed by atoms with E-state index in [1.807, 2.05) is 0 Å². The molecule has 3 aromatic rings. The number of halogens is 1. The van der Waals surface area contributed by atoms with Gasteiger partial charge in [0.2, 0.25) is 0 Å². The van der Waals surface area contributed by atoms with Crippen LogP contribution in [0.4, 0.5) is 5.69 Å². The van der Waals surface area contributed by atoms with Gasteiger partial charge in [-0.05, 0) is 36.4 Å². The first-order valence-electron chi connectivity index (χ1n) is 6.25. The van der Waals surface area contributed by atoms with Crippen LogP contribution in [-0.4, -0.2) is 20.7 Å². The van der Waals surface area contributed by atoms with E-state index in [1.54, 1.807) is 65.9 Å². The first-order valence-corrected chi connectivity index (χ1v) is 6.63. The Morgan fingerprint density at radius 3 is 2.67 bits per heavy atom. The fraction of sp³-hybridized carbons (Fsp3) is 0. The number of nitrogens with zero attached hydrogens (tertiary/aromatic N) is 3. The van der Waals surface area contributed by atoms with Gasteiger partial charge < -0.3 is 5.32 Å². The van der Waals surface area contributed by atoms with Crippen molar-refractivity contribution in [2.24, 2.45) is 0 Å². The number of rotatable bonds is 3. The summed E-state index contributed by atoms with van der Waals surface area (Å²) in [5.41, 5.74) is 1.87. The molecular formula is C15H11ClN4O. The summed E-state index contributed by atoms with van der Waals surface area (Å²) < 4.78 is 1.65. The maximum Gasteiger partial charge on any atom is 0.255 e. The highest BCUT2D eigenvalue weighted by molar-refractivity contribution is 6.31. The molecule has 0 aliphatic rings. The average Bonchev–Trinajstić information content (AvgIpc) is 3.04. The number of aromatic nitrogens is 3. The molecule has 0 aliphatic carbocycles. The fourth-order valence-electron chi connectivity index (χ4n) is 1.91. The number of anilines is 1. The third kappa shape index (κ3) is 2.93. The van der Waals surface area contributed by atoms with Gasteiger partial charge in [0.25, 0.3) is 5.91 Å². The largest absolute Gasteiger partial charge is 0.320 e. The molecule has 0 spiro atoms. The Hall–Kier alpha value is -2.66. The number of carbonyl (C=O) groups excluding carboxylic acids is 1. The van der Waals surface area contributed by atoms with Crippen LogP contribution in [-0.2, 0) is 0 Å². The maximum atomic E-state index is 12.2. The molecule has 0 radical (unpaired) electrons. The second-order valence-electron chi connectivity index (χ2n) is 4.30. The second kappa shape index (κ2) is 5.76. The van der Waals surface area contributed by atoms with Gasteiger partial charge in [0.15, 0.2) is 0 Å². The Morgan fingerprint density at radius 2 is 1.95 bits per heavy atom. The highest BCUT2D eigenvalue weighted by Crippen LogP contribution is 2.24. The Bertz CT molecular complexity index is 757. The monoisotopic (exact) mass is 298 g/mol. The van der Waals surface area contributed by atoms with Gasteiger partial charge >= 0.3 is 0 Å². The zero-order chi connectivity index (χ0) is 14.7. The lowest BCUT2D eigenvalue weighted by atomic mass is 10.2. The number of pyridine rings is 1. The van der Waals surface area contributed by atoms with Crippen molar-refractivity contribution in [1.82, 2.24) is 14.8 Å². The molecule has 0 atom stereocenters. The van der Waals surface area contributed by atoms with Gasteiger partial charge in [-0.3, -0.25) is 9.78 Å². The predicted molar refractivity (Wildman–Crippen MR) is 80.8 cm³/mol. The van der Waals surface area contributed by atoms with Crippen LogP contribution in [0.25, 0.3) is 5.69 Å². The molecule has 1 N–H and O–H groups in total. The fourth-order valence-corrected chi connectivity index (χ4v) is 2.08. The molecule has 1 aromatic carbocycles. The van der Waals surface area contributed by atoms with Crippen molar-refractivity contribution in [2.75, 3.05) is 5.32 Å². The van der Waals surface area contributed by atoms with E-state index in [4.69, 9.17) is 11.6 Å². The van der Waals surface area contributed by atoms with Crippen LogP contribution in [0.3, 0.4) is 0 Å². The van der Waals surface area contributed by atoms with Crippen LogP contribution in [0.15, 0.2) is 61.2 Å². The molecule has 0 unspecified atom stereocenters. The second-order valence-corrected chi connectivity index (χ2v) is 4.74. The molecule has 0 saturated heterocycles. The van der Waals surface area contributed by atoms with Gasteiger partial charge in [-0.25, -0.2) is 4.68 Å². The Morgan fingerprint density at radius 1 is 1.14 bits per heavy atom. The lowest BCUT2D eigenvalue weighted by Crippen LogP contribution is -2.14. The predicted octanol–water partition coefficient (Wildman–Crippen LogP) is 3.17. The van der Waals surface area contributed by atoms with Gasteiger partial charge in [0.1, 0.15) is 0 Å². The van der Waals surface area contributed by atoms with E-state index >= 15 is 0 Å². The Labute approximate surface area is 126 Å². The van der Waals surface area contributed by atoms with Gasteiger partial charge in [0, 0.05) is 35.4 Å². The molecule has 5 nitrogen and oxygen atoms in total. The van der Waals surface area contributed by atoms with E-state index in [9.17, 15) is 4.79 Å². The summed E-state index contributed by atoms with van der Waals surface area (Å²) in [4.78, 5) is 16.1. The van der Waals surface area contributed by atoms with Gasteiger partial charge in [-0.15, -0.1) is 0 Å². The first-order chi connectivity index (χ1) is 10.2. The van der Waals surface area contributed by atoms with Crippen molar-refractivity contribution in [3.63, 3.8) is 0 Å². The number of nitrogens with one attached hydrogen (secondary N) is 1. The van der Waals surface area contributed by atoms with Crippen LogP contribution in [0.5, 0.6) is 0 Å². The molecule has 0 fully saturated rings. The summed E-state index contributed by atoms with van der Waals surface area (Å²) in [5.74, 6) is -0.215. The molecule has 21 heavy (non-hydrogen) atoms. The topological polar surface area (TPSA) is 59.8 Å². The normalized spacial score (nSPS) is 10.3. The van der Waals surface area contributed by atoms with Crippen molar-refractivity contribution < 1.29 is 4.79 Å². The Balaban J connectivity index is 1.94. The van der Waals surface area contributed by atoms with E-state index in [0.29, 0.717) is 22.0 Å². The summed E-state index contributed by atoms with van der Waals surface area (Å²) in [6.07, 6.45) is 6.60. The lowest BCUT2D eigenvalue weighted by molar-refractivity contribution is 0.102.